The summed E-state index contributed by atoms with van der Waals surface area (Å²) in [6, 6.07) is 4.17. The molecule has 0 spiro atoms. The average molecular weight is 276 g/mol. The predicted octanol–water partition coefficient (Wildman–Crippen LogP) is 0.566. The van der Waals surface area contributed by atoms with Crippen LogP contribution in [0.15, 0.2) is 17.0 Å². The number of hydrogen-bond acceptors (Lipinski definition) is 3. The lowest BCUT2D eigenvalue weighted by Gasteiger charge is -2.17. The van der Waals surface area contributed by atoms with Gasteiger partial charge in [-0.15, -0.1) is 11.8 Å². The number of nitrogens with zero attached hydrogens (tertiary/aromatic N) is 3. The van der Waals surface area contributed by atoms with Crippen LogP contribution in [-0.4, -0.2) is 50.0 Å². The predicted molar refractivity (Wildman–Crippen MR) is 90.0 cm³/mol. The Bertz CT molecular complexity index is 629. The molecule has 0 amide bonds. The van der Waals surface area contributed by atoms with Crippen molar-refractivity contribution in [3.63, 3.8) is 0 Å². The molecule has 5 radical (unpaired) electrons. The second kappa shape index (κ2) is 6.17. The molecular formula is C12H14B4N3S. The summed E-state index contributed by atoms with van der Waals surface area (Å²) in [5, 5.41) is 4.44. The maximum absolute atomic E-state index is 6.03. The number of aryl methyl sites for hydroxylation is 3. The summed E-state index contributed by atoms with van der Waals surface area (Å²) in [5.74, 6) is 1.64. The van der Waals surface area contributed by atoms with Gasteiger partial charge in [-0.1, -0.05) is 11.5 Å². The third-order valence-corrected chi connectivity index (χ3v) is 4.01. The van der Waals surface area contributed by atoms with E-state index < -0.39 is 0 Å². The highest BCUT2D eigenvalue weighted by atomic mass is 32.2. The van der Waals surface area contributed by atoms with Crippen molar-refractivity contribution in [2.24, 2.45) is 0 Å². The van der Waals surface area contributed by atoms with Gasteiger partial charge in [0.25, 0.3) is 0 Å². The van der Waals surface area contributed by atoms with Gasteiger partial charge in [0.1, 0.15) is 11.6 Å². The van der Waals surface area contributed by atoms with Crippen molar-refractivity contribution in [1.29, 1.82) is 0 Å². The molecule has 95 valence electrons. The minimum Gasteiger partial charge on any atom is -0.218 e. The lowest BCUT2D eigenvalue weighted by Crippen LogP contribution is -2.39. The average Bonchev–Trinajstić information content (AvgIpc) is 2.76. The molecule has 0 saturated heterocycles. The van der Waals surface area contributed by atoms with E-state index >= 15 is 0 Å². The highest BCUT2D eigenvalue weighted by Crippen LogP contribution is 2.21. The second-order valence-electron chi connectivity index (χ2n) is 4.72. The summed E-state index contributed by atoms with van der Waals surface area (Å²) < 4.78 is 1.87. The molecule has 0 aliphatic heterocycles. The van der Waals surface area contributed by atoms with Crippen molar-refractivity contribution >= 4 is 46.3 Å². The first-order valence-corrected chi connectivity index (χ1v) is 7.60. The lowest BCUT2D eigenvalue weighted by atomic mass is 9.03. The van der Waals surface area contributed by atoms with Crippen molar-refractivity contribution < 1.29 is 0 Å². The number of aromatic nitrogens is 3. The van der Waals surface area contributed by atoms with Gasteiger partial charge in [-0.25, -0.2) is 9.67 Å². The Labute approximate surface area is 128 Å². The summed E-state index contributed by atoms with van der Waals surface area (Å²) in [6.45, 7) is 5.62. The lowest BCUT2D eigenvalue weighted by molar-refractivity contribution is 0.823. The molecule has 3 nitrogen and oxygen atoms in total. The summed E-state index contributed by atoms with van der Waals surface area (Å²) in [7, 11) is 13.1. The fourth-order valence-electron chi connectivity index (χ4n) is 2.22. The van der Waals surface area contributed by atoms with E-state index in [1.807, 2.05) is 31.7 Å². The van der Waals surface area contributed by atoms with Crippen LogP contribution >= 0.6 is 11.8 Å². The molecule has 2 rings (SSSR count). The Morgan fingerprint density at radius 3 is 2.50 bits per heavy atom. The van der Waals surface area contributed by atoms with Gasteiger partial charge in [0, 0.05) is 27.4 Å². The van der Waals surface area contributed by atoms with Gasteiger partial charge in [-0.05, 0) is 38.7 Å². The van der Waals surface area contributed by atoms with E-state index in [9.17, 15) is 0 Å². The maximum atomic E-state index is 6.03. The normalized spacial score (nSPS) is 10.6. The van der Waals surface area contributed by atoms with Crippen molar-refractivity contribution in [2.45, 2.75) is 25.7 Å². The number of benzene rings is 1. The fourth-order valence-corrected chi connectivity index (χ4v) is 2.88. The fraction of sp³-hybridized carbons (Fsp3) is 0.333. The zero-order chi connectivity index (χ0) is 14.9. The first-order valence-electron chi connectivity index (χ1n) is 6.37. The molecule has 0 bridgehead atoms. The molecule has 0 atom stereocenters. The molecule has 1 aromatic carbocycles. The minimum absolute atomic E-state index is 0.260. The van der Waals surface area contributed by atoms with Crippen LogP contribution in [-0.2, 0) is 0 Å². The summed E-state index contributed by atoms with van der Waals surface area (Å²) in [5.41, 5.74) is 3.17. The molecule has 0 aliphatic rings. The van der Waals surface area contributed by atoms with Gasteiger partial charge in [0.15, 0.2) is 0 Å². The molecule has 0 saturated carbocycles. The van der Waals surface area contributed by atoms with Crippen molar-refractivity contribution in [2.75, 3.05) is 6.26 Å². The first-order chi connectivity index (χ1) is 9.47. The zero-order valence-corrected chi connectivity index (χ0v) is 13.0. The van der Waals surface area contributed by atoms with E-state index in [0.29, 0.717) is 0 Å². The number of thioether (sulfide) groups is 1. The van der Waals surface area contributed by atoms with Crippen LogP contribution in [0.2, 0.25) is 0 Å². The Hall–Kier alpha value is -1.03. The largest absolute Gasteiger partial charge is 0.218 e. The molecule has 8 heteroatoms. The summed E-state index contributed by atoms with van der Waals surface area (Å²) >= 11 is 1.65. The van der Waals surface area contributed by atoms with Crippen LogP contribution in [0.5, 0.6) is 0 Å². The van der Waals surface area contributed by atoms with E-state index in [0.717, 1.165) is 33.3 Å². The number of rotatable bonds is 4. The molecule has 0 N–H and O–H groups in total. The Balaban J connectivity index is 2.59. The highest BCUT2D eigenvalue weighted by molar-refractivity contribution is 7.99. The SMILES string of the molecule is [B][B]B([B])c1cc(C)c(-n2nc(C)nc2C)cc1SC. The van der Waals surface area contributed by atoms with Gasteiger partial charge < -0.3 is 0 Å². The molecule has 0 unspecified atom stereocenters. The Morgan fingerprint density at radius 1 is 1.30 bits per heavy atom. The van der Waals surface area contributed by atoms with E-state index in [-0.39, 0.29) is 6.49 Å². The Morgan fingerprint density at radius 2 is 2.00 bits per heavy atom. The molecule has 1 aromatic heterocycles. The third-order valence-electron chi connectivity index (χ3n) is 3.22. The van der Waals surface area contributed by atoms with Crippen LogP contribution in [0.25, 0.3) is 5.69 Å². The number of hydrogen-bond donors (Lipinski definition) is 0. The summed E-state index contributed by atoms with van der Waals surface area (Å²) in [4.78, 5) is 5.46. The van der Waals surface area contributed by atoms with E-state index in [1.165, 1.54) is 7.06 Å². The minimum atomic E-state index is -0.260. The van der Waals surface area contributed by atoms with Crippen LogP contribution in [0.4, 0.5) is 0 Å². The van der Waals surface area contributed by atoms with Crippen molar-refractivity contribution in [3.05, 3.63) is 29.3 Å². The second-order valence-corrected chi connectivity index (χ2v) is 5.56. The van der Waals surface area contributed by atoms with Crippen LogP contribution in [0, 0.1) is 20.8 Å². The molecular weight excluding hydrogens is 261 g/mol. The van der Waals surface area contributed by atoms with Crippen molar-refractivity contribution in [1.82, 2.24) is 14.8 Å². The zero-order valence-electron chi connectivity index (χ0n) is 12.2. The molecule has 1 heterocycles. The standard InChI is InChI=1S/C12H14B4N3S/c1-7-5-10(16(14)15-13)12(20-4)6-11(7)19-9(3)17-8(2)18-19/h5-6H,1-4H3. The van der Waals surface area contributed by atoms with Gasteiger partial charge in [-0.2, -0.15) is 5.10 Å². The van der Waals surface area contributed by atoms with Crippen LogP contribution in [0.1, 0.15) is 17.2 Å². The van der Waals surface area contributed by atoms with Crippen molar-refractivity contribution in [3.8, 4) is 5.69 Å². The van der Waals surface area contributed by atoms with Gasteiger partial charge in [0.05, 0.1) is 12.2 Å². The Kier molecular flexibility index (Phi) is 4.74. The van der Waals surface area contributed by atoms with Crippen LogP contribution < -0.4 is 5.46 Å². The van der Waals surface area contributed by atoms with E-state index in [2.05, 4.69) is 22.2 Å². The van der Waals surface area contributed by atoms with E-state index in [4.69, 9.17) is 15.5 Å². The van der Waals surface area contributed by atoms with E-state index in [1.54, 1.807) is 11.8 Å². The molecule has 0 aliphatic carbocycles. The maximum Gasteiger partial charge on any atom is 0.148 e. The first kappa shape index (κ1) is 15.4. The topological polar surface area (TPSA) is 30.7 Å². The molecule has 0 fully saturated rings. The third kappa shape index (κ3) is 2.85. The van der Waals surface area contributed by atoms with Gasteiger partial charge >= 0.3 is 0 Å². The molecule has 2 aromatic rings. The smallest absolute Gasteiger partial charge is 0.148 e. The quantitative estimate of drug-likeness (QED) is 0.604. The van der Waals surface area contributed by atoms with Crippen LogP contribution in [0.3, 0.4) is 0 Å². The summed E-state index contributed by atoms with van der Waals surface area (Å²) in [6.07, 6.45) is 2.03. The van der Waals surface area contributed by atoms with Gasteiger partial charge in [0.2, 0.25) is 0 Å². The highest BCUT2D eigenvalue weighted by Gasteiger charge is 2.15. The molecule has 20 heavy (non-hydrogen) atoms. The van der Waals surface area contributed by atoms with Gasteiger partial charge in [-0.3, -0.25) is 0 Å². The monoisotopic (exact) mass is 276 g/mol.